The van der Waals surface area contributed by atoms with Crippen LogP contribution in [0.2, 0.25) is 5.02 Å². The van der Waals surface area contributed by atoms with Crippen molar-refractivity contribution in [3.63, 3.8) is 0 Å². The molecule has 2 aromatic rings. The molecule has 0 saturated carbocycles. The normalized spacial score (nSPS) is 15.6. The molecule has 1 N–H and O–H groups in total. The Labute approximate surface area is 110 Å². The molecule has 0 atom stereocenters. The van der Waals surface area contributed by atoms with Crippen LogP contribution in [-0.4, -0.2) is 23.2 Å². The third kappa shape index (κ3) is 2.71. The van der Waals surface area contributed by atoms with Gasteiger partial charge in [0.1, 0.15) is 0 Å². The predicted octanol–water partition coefficient (Wildman–Crippen LogP) is 2.08. The van der Waals surface area contributed by atoms with Gasteiger partial charge in [0, 0.05) is 17.9 Å². The number of hydrogen-bond acceptors (Lipinski definition) is 4. The summed E-state index contributed by atoms with van der Waals surface area (Å²) in [6.07, 6.45) is 1.53. The zero-order valence-corrected chi connectivity index (χ0v) is 10.7. The molecule has 3 rings (SSSR count). The fourth-order valence-corrected chi connectivity index (χ4v) is 2.23. The summed E-state index contributed by atoms with van der Waals surface area (Å²) in [6, 6.07) is 7.72. The molecule has 0 unspecified atom stereocenters. The van der Waals surface area contributed by atoms with E-state index in [1.54, 1.807) is 0 Å². The van der Waals surface area contributed by atoms with E-state index in [9.17, 15) is 0 Å². The van der Waals surface area contributed by atoms with Crippen LogP contribution in [0.25, 0.3) is 0 Å². The minimum atomic E-state index is 0.643. The molecule has 1 aromatic carbocycles. The van der Waals surface area contributed by atoms with Gasteiger partial charge in [-0.2, -0.15) is 4.98 Å². The van der Waals surface area contributed by atoms with Crippen LogP contribution in [0.1, 0.15) is 17.3 Å². The van der Waals surface area contributed by atoms with Crippen LogP contribution in [0.3, 0.4) is 0 Å². The van der Waals surface area contributed by atoms with Crippen molar-refractivity contribution in [1.29, 1.82) is 0 Å². The first-order valence-corrected chi connectivity index (χ1v) is 6.44. The Hall–Kier alpha value is -1.39. The summed E-state index contributed by atoms with van der Waals surface area (Å²) in [4.78, 5) is 4.41. The highest BCUT2D eigenvalue weighted by Crippen LogP contribution is 2.15. The van der Waals surface area contributed by atoms with E-state index in [1.165, 1.54) is 0 Å². The molecule has 5 heteroatoms. The van der Waals surface area contributed by atoms with Crippen LogP contribution < -0.4 is 5.32 Å². The minimum Gasteiger partial charge on any atom is -0.339 e. The Kier molecular flexibility index (Phi) is 3.30. The molecule has 94 valence electrons. The SMILES string of the molecule is Clc1cccc(Cc2noc(CC3CNC3)n2)c1. The number of nitrogens with one attached hydrogen (secondary N) is 1. The van der Waals surface area contributed by atoms with Crippen molar-refractivity contribution in [3.8, 4) is 0 Å². The molecule has 1 aromatic heterocycles. The lowest BCUT2D eigenvalue weighted by atomic mass is 10.00. The van der Waals surface area contributed by atoms with Gasteiger partial charge in [-0.3, -0.25) is 0 Å². The molecule has 0 amide bonds. The Morgan fingerprint density at radius 2 is 2.28 bits per heavy atom. The summed E-state index contributed by atoms with van der Waals surface area (Å²) in [7, 11) is 0. The molecule has 1 aliphatic rings. The smallest absolute Gasteiger partial charge is 0.227 e. The van der Waals surface area contributed by atoms with Gasteiger partial charge in [0.05, 0.1) is 0 Å². The van der Waals surface area contributed by atoms with E-state index in [4.69, 9.17) is 16.1 Å². The van der Waals surface area contributed by atoms with Gasteiger partial charge in [0.2, 0.25) is 5.89 Å². The quantitative estimate of drug-likeness (QED) is 0.918. The maximum atomic E-state index is 5.94. The molecule has 1 fully saturated rings. The van der Waals surface area contributed by atoms with Gasteiger partial charge in [-0.05, 0) is 36.7 Å². The third-order valence-electron chi connectivity index (χ3n) is 3.09. The van der Waals surface area contributed by atoms with Crippen molar-refractivity contribution >= 4 is 11.6 Å². The largest absolute Gasteiger partial charge is 0.339 e. The average molecular weight is 264 g/mol. The van der Waals surface area contributed by atoms with Gasteiger partial charge in [-0.1, -0.05) is 28.9 Å². The Bertz CT molecular complexity index is 537. The number of rotatable bonds is 4. The lowest BCUT2D eigenvalue weighted by Crippen LogP contribution is -2.43. The Morgan fingerprint density at radius 3 is 3.00 bits per heavy atom. The van der Waals surface area contributed by atoms with E-state index >= 15 is 0 Å². The van der Waals surface area contributed by atoms with Gasteiger partial charge in [0.25, 0.3) is 0 Å². The maximum Gasteiger partial charge on any atom is 0.227 e. The molecule has 18 heavy (non-hydrogen) atoms. The van der Waals surface area contributed by atoms with Crippen LogP contribution in [0.4, 0.5) is 0 Å². The van der Waals surface area contributed by atoms with Crippen molar-refractivity contribution in [2.75, 3.05) is 13.1 Å². The number of aromatic nitrogens is 2. The standard InChI is InChI=1S/C13H14ClN3O/c14-11-3-1-2-9(4-11)5-12-16-13(18-17-12)6-10-7-15-8-10/h1-4,10,15H,5-8H2. The fraction of sp³-hybridized carbons (Fsp3) is 0.385. The van der Waals surface area contributed by atoms with Gasteiger partial charge in [-0.25, -0.2) is 0 Å². The average Bonchev–Trinajstić information content (AvgIpc) is 2.71. The van der Waals surface area contributed by atoms with Crippen molar-refractivity contribution in [1.82, 2.24) is 15.5 Å². The van der Waals surface area contributed by atoms with E-state index < -0.39 is 0 Å². The van der Waals surface area contributed by atoms with Crippen molar-refractivity contribution in [2.24, 2.45) is 5.92 Å². The molecule has 1 aliphatic heterocycles. The second-order valence-corrected chi connectivity index (χ2v) is 5.08. The molecule has 0 spiro atoms. The minimum absolute atomic E-state index is 0.643. The number of nitrogens with zero attached hydrogens (tertiary/aromatic N) is 2. The van der Waals surface area contributed by atoms with Crippen molar-refractivity contribution < 1.29 is 4.52 Å². The zero-order chi connectivity index (χ0) is 12.4. The summed E-state index contributed by atoms with van der Waals surface area (Å²) < 4.78 is 5.25. The van der Waals surface area contributed by atoms with Crippen LogP contribution in [-0.2, 0) is 12.8 Å². The van der Waals surface area contributed by atoms with E-state index in [-0.39, 0.29) is 0 Å². The molecule has 2 heterocycles. The molecule has 1 saturated heterocycles. The van der Waals surface area contributed by atoms with E-state index in [0.29, 0.717) is 12.3 Å². The summed E-state index contributed by atoms with van der Waals surface area (Å²) >= 11 is 5.94. The summed E-state index contributed by atoms with van der Waals surface area (Å²) in [5.41, 5.74) is 1.10. The Morgan fingerprint density at radius 1 is 1.39 bits per heavy atom. The molecular formula is C13H14ClN3O. The van der Waals surface area contributed by atoms with E-state index in [2.05, 4.69) is 15.5 Å². The second-order valence-electron chi connectivity index (χ2n) is 4.64. The molecule has 0 aliphatic carbocycles. The molecule has 0 bridgehead atoms. The number of benzene rings is 1. The summed E-state index contributed by atoms with van der Waals surface area (Å²) in [5, 5.41) is 7.97. The lowest BCUT2D eigenvalue weighted by Gasteiger charge is -2.25. The third-order valence-corrected chi connectivity index (χ3v) is 3.33. The van der Waals surface area contributed by atoms with Gasteiger partial charge in [-0.15, -0.1) is 0 Å². The van der Waals surface area contributed by atoms with Crippen LogP contribution >= 0.6 is 11.6 Å². The van der Waals surface area contributed by atoms with Gasteiger partial charge >= 0.3 is 0 Å². The first-order valence-electron chi connectivity index (χ1n) is 6.06. The predicted molar refractivity (Wildman–Crippen MR) is 68.6 cm³/mol. The summed E-state index contributed by atoms with van der Waals surface area (Å²) in [6.45, 7) is 2.10. The van der Waals surface area contributed by atoms with Gasteiger partial charge < -0.3 is 9.84 Å². The summed E-state index contributed by atoms with van der Waals surface area (Å²) in [5.74, 6) is 2.10. The highest BCUT2D eigenvalue weighted by molar-refractivity contribution is 6.30. The highest BCUT2D eigenvalue weighted by atomic mass is 35.5. The van der Waals surface area contributed by atoms with E-state index in [0.717, 1.165) is 41.8 Å². The van der Waals surface area contributed by atoms with Gasteiger partial charge in [0.15, 0.2) is 5.82 Å². The molecule has 0 radical (unpaired) electrons. The lowest BCUT2D eigenvalue weighted by molar-refractivity contribution is 0.295. The van der Waals surface area contributed by atoms with Crippen molar-refractivity contribution in [3.05, 3.63) is 46.6 Å². The first-order chi connectivity index (χ1) is 8.79. The topological polar surface area (TPSA) is 51.0 Å². The van der Waals surface area contributed by atoms with Crippen LogP contribution in [0.15, 0.2) is 28.8 Å². The maximum absolute atomic E-state index is 5.94. The van der Waals surface area contributed by atoms with Crippen molar-refractivity contribution in [2.45, 2.75) is 12.8 Å². The molecular weight excluding hydrogens is 250 g/mol. The van der Waals surface area contributed by atoms with Crippen LogP contribution in [0.5, 0.6) is 0 Å². The second kappa shape index (κ2) is 5.08. The number of halogens is 1. The van der Waals surface area contributed by atoms with E-state index in [1.807, 2.05) is 24.3 Å². The zero-order valence-electron chi connectivity index (χ0n) is 9.90. The highest BCUT2D eigenvalue weighted by Gasteiger charge is 2.20. The Balaban J connectivity index is 1.65. The molecule has 4 nitrogen and oxygen atoms in total. The number of hydrogen-bond donors (Lipinski definition) is 1. The monoisotopic (exact) mass is 263 g/mol. The first kappa shape index (κ1) is 11.7. The van der Waals surface area contributed by atoms with Crippen LogP contribution in [0, 0.1) is 5.92 Å². The fourth-order valence-electron chi connectivity index (χ4n) is 2.01.